The third kappa shape index (κ3) is 2.75. The summed E-state index contributed by atoms with van der Waals surface area (Å²) in [6, 6.07) is 7.55. The minimum atomic E-state index is -0.313. The molecule has 2 aromatic heterocycles. The van der Waals surface area contributed by atoms with Gasteiger partial charge in [-0.2, -0.15) is 0 Å². The van der Waals surface area contributed by atoms with E-state index in [1.54, 1.807) is 6.33 Å². The highest BCUT2D eigenvalue weighted by Gasteiger charge is 2.30. The maximum Gasteiger partial charge on any atom is 0.246 e. The Hall–Kier alpha value is -2.76. The summed E-state index contributed by atoms with van der Waals surface area (Å²) in [6.07, 6.45) is 3.61. The van der Waals surface area contributed by atoms with Crippen molar-refractivity contribution in [1.29, 1.82) is 0 Å². The van der Waals surface area contributed by atoms with Gasteiger partial charge in [0.2, 0.25) is 5.91 Å². The molecule has 0 spiro atoms. The summed E-state index contributed by atoms with van der Waals surface area (Å²) in [7, 11) is 0. The SMILES string of the molecule is CC(C(=O)N1Cc2cnc(C(C)(C)C)nc2C1)n1cnc2ccccc21. The second-order valence-corrected chi connectivity index (χ2v) is 7.93. The van der Waals surface area contributed by atoms with Crippen LogP contribution < -0.4 is 0 Å². The van der Waals surface area contributed by atoms with Gasteiger partial charge < -0.3 is 9.47 Å². The number of amides is 1. The molecule has 1 aliphatic heterocycles. The number of imidazole rings is 1. The number of aromatic nitrogens is 4. The Labute approximate surface area is 152 Å². The molecule has 0 bridgehead atoms. The van der Waals surface area contributed by atoms with Gasteiger partial charge in [0.1, 0.15) is 11.9 Å². The van der Waals surface area contributed by atoms with Crippen molar-refractivity contribution in [2.24, 2.45) is 0 Å². The molecule has 134 valence electrons. The van der Waals surface area contributed by atoms with Crippen molar-refractivity contribution in [2.75, 3.05) is 0 Å². The van der Waals surface area contributed by atoms with Crippen molar-refractivity contribution < 1.29 is 4.79 Å². The van der Waals surface area contributed by atoms with Crippen LogP contribution in [0.25, 0.3) is 11.0 Å². The lowest BCUT2D eigenvalue weighted by atomic mass is 9.95. The van der Waals surface area contributed by atoms with Crippen LogP contribution >= 0.6 is 0 Å². The van der Waals surface area contributed by atoms with Crippen LogP contribution in [0.4, 0.5) is 0 Å². The monoisotopic (exact) mass is 349 g/mol. The lowest BCUT2D eigenvalue weighted by Gasteiger charge is -2.21. The van der Waals surface area contributed by atoms with Crippen LogP contribution in [0.15, 0.2) is 36.8 Å². The van der Waals surface area contributed by atoms with E-state index in [4.69, 9.17) is 4.98 Å². The van der Waals surface area contributed by atoms with E-state index < -0.39 is 0 Å². The second kappa shape index (κ2) is 5.90. The largest absolute Gasteiger partial charge is 0.331 e. The van der Waals surface area contributed by atoms with E-state index in [-0.39, 0.29) is 17.4 Å². The molecular weight excluding hydrogens is 326 g/mol. The molecule has 0 aliphatic carbocycles. The van der Waals surface area contributed by atoms with Crippen LogP contribution in [0.2, 0.25) is 0 Å². The van der Waals surface area contributed by atoms with Gasteiger partial charge in [-0.15, -0.1) is 0 Å². The molecule has 6 heteroatoms. The number of fused-ring (bicyclic) bond motifs is 2. The number of nitrogens with zero attached hydrogens (tertiary/aromatic N) is 5. The van der Waals surface area contributed by atoms with Crippen LogP contribution in [0.3, 0.4) is 0 Å². The van der Waals surface area contributed by atoms with Crippen LogP contribution in [-0.4, -0.2) is 30.3 Å². The van der Waals surface area contributed by atoms with Gasteiger partial charge in [0, 0.05) is 23.7 Å². The summed E-state index contributed by atoms with van der Waals surface area (Å²) in [6.45, 7) is 9.31. The number of rotatable bonds is 2. The Morgan fingerprint density at radius 3 is 2.69 bits per heavy atom. The average Bonchev–Trinajstić information content (AvgIpc) is 3.23. The van der Waals surface area contributed by atoms with E-state index in [2.05, 4.69) is 30.7 Å². The zero-order chi connectivity index (χ0) is 18.5. The van der Waals surface area contributed by atoms with Gasteiger partial charge in [0.05, 0.1) is 29.6 Å². The molecule has 0 radical (unpaired) electrons. The fourth-order valence-corrected chi connectivity index (χ4v) is 3.34. The van der Waals surface area contributed by atoms with Gasteiger partial charge in [0.25, 0.3) is 0 Å². The topological polar surface area (TPSA) is 63.9 Å². The number of para-hydroxylation sites is 2. The minimum Gasteiger partial charge on any atom is -0.331 e. The zero-order valence-electron chi connectivity index (χ0n) is 15.6. The van der Waals surface area contributed by atoms with Crippen LogP contribution in [0.5, 0.6) is 0 Å². The van der Waals surface area contributed by atoms with Gasteiger partial charge in [-0.25, -0.2) is 15.0 Å². The molecule has 1 atom stereocenters. The van der Waals surface area contributed by atoms with E-state index in [0.717, 1.165) is 28.1 Å². The fraction of sp³-hybridized carbons (Fsp3) is 0.400. The van der Waals surface area contributed by atoms with Crippen molar-refractivity contribution >= 4 is 16.9 Å². The summed E-state index contributed by atoms with van der Waals surface area (Å²) in [5, 5.41) is 0. The third-order valence-electron chi connectivity index (χ3n) is 4.89. The highest BCUT2D eigenvalue weighted by atomic mass is 16.2. The van der Waals surface area contributed by atoms with Gasteiger partial charge in [0.15, 0.2) is 0 Å². The quantitative estimate of drug-likeness (QED) is 0.712. The van der Waals surface area contributed by atoms with Crippen LogP contribution in [0.1, 0.15) is 50.8 Å². The smallest absolute Gasteiger partial charge is 0.246 e. The predicted octanol–water partition coefficient (Wildman–Crippen LogP) is 3.23. The normalized spacial score (nSPS) is 15.3. The number of benzene rings is 1. The highest BCUT2D eigenvalue weighted by molar-refractivity contribution is 5.84. The lowest BCUT2D eigenvalue weighted by molar-refractivity contribution is -0.134. The molecule has 6 nitrogen and oxygen atoms in total. The first-order valence-corrected chi connectivity index (χ1v) is 8.90. The summed E-state index contributed by atoms with van der Waals surface area (Å²) in [5.74, 6) is 0.891. The molecule has 0 saturated carbocycles. The van der Waals surface area contributed by atoms with Crippen molar-refractivity contribution in [3.05, 3.63) is 53.9 Å². The van der Waals surface area contributed by atoms with Crippen LogP contribution in [-0.2, 0) is 23.3 Å². The van der Waals surface area contributed by atoms with Gasteiger partial charge in [-0.3, -0.25) is 4.79 Å². The van der Waals surface area contributed by atoms with E-state index in [9.17, 15) is 4.79 Å². The van der Waals surface area contributed by atoms with Crippen molar-refractivity contribution in [3.8, 4) is 0 Å². The molecular formula is C20H23N5O. The molecule has 0 N–H and O–H groups in total. The Balaban J connectivity index is 1.57. The molecule has 0 fully saturated rings. The van der Waals surface area contributed by atoms with Gasteiger partial charge in [-0.05, 0) is 19.1 Å². The third-order valence-corrected chi connectivity index (χ3v) is 4.89. The number of hydrogen-bond acceptors (Lipinski definition) is 4. The molecule has 3 aromatic rings. The first kappa shape index (κ1) is 16.7. The van der Waals surface area contributed by atoms with E-state index in [0.29, 0.717) is 13.1 Å². The maximum atomic E-state index is 13.1. The molecule has 1 amide bonds. The molecule has 1 aromatic carbocycles. The minimum absolute atomic E-state index is 0.0726. The summed E-state index contributed by atoms with van der Waals surface area (Å²) in [4.78, 5) is 28.5. The molecule has 3 heterocycles. The maximum absolute atomic E-state index is 13.1. The summed E-state index contributed by atoms with van der Waals surface area (Å²) in [5.41, 5.74) is 3.77. The van der Waals surface area contributed by atoms with Crippen LogP contribution in [0, 0.1) is 0 Å². The number of carbonyl (C=O) groups is 1. The van der Waals surface area contributed by atoms with Gasteiger partial charge in [-0.1, -0.05) is 32.9 Å². The highest BCUT2D eigenvalue weighted by Crippen LogP contribution is 2.27. The molecule has 4 rings (SSSR count). The predicted molar refractivity (Wildman–Crippen MR) is 99.4 cm³/mol. The average molecular weight is 349 g/mol. The zero-order valence-corrected chi connectivity index (χ0v) is 15.6. The summed E-state index contributed by atoms with van der Waals surface area (Å²) >= 11 is 0. The Morgan fingerprint density at radius 1 is 1.15 bits per heavy atom. The Morgan fingerprint density at radius 2 is 1.92 bits per heavy atom. The first-order valence-electron chi connectivity index (χ1n) is 8.90. The van der Waals surface area contributed by atoms with E-state index in [1.807, 2.05) is 46.9 Å². The van der Waals surface area contributed by atoms with E-state index >= 15 is 0 Å². The lowest BCUT2D eigenvalue weighted by Crippen LogP contribution is -2.32. The van der Waals surface area contributed by atoms with Crippen molar-refractivity contribution in [3.63, 3.8) is 0 Å². The standard InChI is InChI=1S/C20H23N5O/c1-13(25-12-22-15-7-5-6-8-17(15)25)18(26)24-10-14-9-21-19(20(2,3)4)23-16(14)11-24/h5-9,12-13H,10-11H2,1-4H3. The van der Waals surface area contributed by atoms with Crippen molar-refractivity contribution in [2.45, 2.75) is 52.2 Å². The molecule has 1 unspecified atom stereocenters. The molecule has 26 heavy (non-hydrogen) atoms. The second-order valence-electron chi connectivity index (χ2n) is 7.93. The summed E-state index contributed by atoms with van der Waals surface area (Å²) < 4.78 is 1.94. The number of hydrogen-bond donors (Lipinski definition) is 0. The Kier molecular flexibility index (Phi) is 3.79. The molecule has 1 aliphatic rings. The fourth-order valence-electron chi connectivity index (χ4n) is 3.34. The number of carbonyl (C=O) groups excluding carboxylic acids is 1. The Bertz CT molecular complexity index is 985. The van der Waals surface area contributed by atoms with Crippen molar-refractivity contribution in [1.82, 2.24) is 24.4 Å². The van der Waals surface area contributed by atoms with Gasteiger partial charge >= 0.3 is 0 Å². The first-order chi connectivity index (χ1) is 12.3. The van der Waals surface area contributed by atoms with E-state index in [1.165, 1.54) is 0 Å². The molecule has 0 saturated heterocycles.